The fourth-order valence-electron chi connectivity index (χ4n) is 3.70. The summed E-state index contributed by atoms with van der Waals surface area (Å²) < 4.78 is 43.8. The molecule has 164 valence electrons. The molecular weight excluding hydrogens is 393 g/mol. The minimum atomic E-state index is -3.07. The molecule has 1 aliphatic rings. The van der Waals surface area contributed by atoms with Crippen molar-refractivity contribution in [1.82, 2.24) is 4.98 Å². The number of aryl methyl sites for hydroxylation is 1. The third-order valence-corrected chi connectivity index (χ3v) is 5.12. The maximum Gasteiger partial charge on any atom is 0.388 e. The Morgan fingerprint density at radius 2 is 1.80 bits per heavy atom. The highest BCUT2D eigenvalue weighted by atomic mass is 19.3. The van der Waals surface area contributed by atoms with Crippen molar-refractivity contribution in [1.29, 1.82) is 0 Å². The van der Waals surface area contributed by atoms with Gasteiger partial charge in [-0.05, 0) is 48.9 Å². The van der Waals surface area contributed by atoms with Gasteiger partial charge in [-0.1, -0.05) is 52.0 Å². The third-order valence-electron chi connectivity index (χ3n) is 5.12. The molecule has 4 nitrogen and oxygen atoms in total. The molecule has 1 N–H and O–H groups in total. The second kappa shape index (κ2) is 9.96. The second-order valence-corrected chi connectivity index (χ2v) is 7.47. The van der Waals surface area contributed by atoms with Crippen molar-refractivity contribution in [2.24, 2.45) is 0 Å². The molecule has 0 aliphatic heterocycles. The van der Waals surface area contributed by atoms with Crippen LogP contribution in [0.2, 0.25) is 0 Å². The van der Waals surface area contributed by atoms with Gasteiger partial charge < -0.3 is 10.1 Å². The first kappa shape index (κ1) is 23.7. The van der Waals surface area contributed by atoms with Crippen molar-refractivity contribution in [2.45, 2.75) is 71.6 Å². The number of carbonyl (C=O) groups excluding carboxylic acids is 1. The molecule has 1 amide bonds. The molecule has 7 heteroatoms. The van der Waals surface area contributed by atoms with Gasteiger partial charge >= 0.3 is 6.61 Å². The largest absolute Gasteiger partial charge is 0.415 e. The number of hydrogen-bond acceptors (Lipinski definition) is 3. The number of hydrogen-bond donors (Lipinski definition) is 1. The van der Waals surface area contributed by atoms with Crippen LogP contribution in [-0.2, 0) is 10.2 Å². The van der Waals surface area contributed by atoms with E-state index in [0.717, 1.165) is 11.1 Å². The third kappa shape index (κ3) is 4.94. The Labute approximate surface area is 175 Å². The van der Waals surface area contributed by atoms with Crippen LogP contribution in [0, 0.1) is 6.92 Å². The highest BCUT2D eigenvalue weighted by Gasteiger charge is 2.53. The number of rotatable bonds is 6. The average Bonchev–Trinajstić information content (AvgIpc) is 2.68. The molecule has 30 heavy (non-hydrogen) atoms. The zero-order chi connectivity index (χ0) is 22.5. The molecule has 0 radical (unpaired) electrons. The molecule has 3 rings (SSSR count). The van der Waals surface area contributed by atoms with E-state index in [1.807, 2.05) is 52.0 Å². The van der Waals surface area contributed by atoms with E-state index in [9.17, 15) is 18.0 Å². The van der Waals surface area contributed by atoms with Crippen molar-refractivity contribution in [3.63, 3.8) is 0 Å². The predicted octanol–water partition coefficient (Wildman–Crippen LogP) is 6.15. The molecule has 1 aliphatic carbocycles. The zero-order valence-electron chi connectivity index (χ0n) is 18.0. The Bertz CT molecular complexity index is 865. The lowest BCUT2D eigenvalue weighted by Gasteiger charge is -2.44. The Morgan fingerprint density at radius 3 is 2.37 bits per heavy atom. The molecule has 0 spiro atoms. The van der Waals surface area contributed by atoms with Gasteiger partial charge in [-0.25, -0.2) is 9.37 Å². The number of anilines is 1. The van der Waals surface area contributed by atoms with Crippen LogP contribution in [0.25, 0.3) is 0 Å². The average molecular weight is 422 g/mol. The number of amides is 1. The number of ether oxygens (including phenoxy) is 1. The summed E-state index contributed by atoms with van der Waals surface area (Å²) >= 11 is 0. The SMILES string of the molecule is CC.Cc1ccc(NC(=O)C2(c3ccccc3C(C)C)CC(F)C2)c(OC(F)F)n1. The van der Waals surface area contributed by atoms with Crippen molar-refractivity contribution in [3.8, 4) is 5.88 Å². The maximum absolute atomic E-state index is 13.9. The Balaban J connectivity index is 0.00000155. The van der Waals surface area contributed by atoms with E-state index in [0.29, 0.717) is 5.69 Å². The number of aromatic nitrogens is 1. The summed E-state index contributed by atoms with van der Waals surface area (Å²) in [6.07, 6.45) is -0.987. The van der Waals surface area contributed by atoms with E-state index in [1.54, 1.807) is 13.0 Å². The molecule has 0 saturated heterocycles. The number of pyridine rings is 1. The van der Waals surface area contributed by atoms with Gasteiger partial charge in [-0.2, -0.15) is 8.78 Å². The van der Waals surface area contributed by atoms with Crippen molar-refractivity contribution in [3.05, 3.63) is 53.2 Å². The first-order chi connectivity index (χ1) is 14.2. The molecule has 1 heterocycles. The molecular formula is C23H29F3N2O2. The molecule has 1 aromatic carbocycles. The lowest BCUT2D eigenvalue weighted by atomic mass is 9.61. The summed E-state index contributed by atoms with van der Waals surface area (Å²) in [5.74, 6) is -0.649. The van der Waals surface area contributed by atoms with Gasteiger partial charge in [-0.15, -0.1) is 0 Å². The highest BCUT2D eigenvalue weighted by molar-refractivity contribution is 6.01. The minimum absolute atomic E-state index is 0.0413. The maximum atomic E-state index is 13.9. The van der Waals surface area contributed by atoms with E-state index in [2.05, 4.69) is 15.0 Å². The zero-order valence-corrected chi connectivity index (χ0v) is 18.0. The summed E-state index contributed by atoms with van der Waals surface area (Å²) in [5.41, 5.74) is 1.21. The first-order valence-corrected chi connectivity index (χ1v) is 10.2. The normalized spacial score (nSPS) is 20.3. The van der Waals surface area contributed by atoms with Crippen LogP contribution < -0.4 is 10.1 Å². The van der Waals surface area contributed by atoms with Crippen LogP contribution >= 0.6 is 0 Å². The van der Waals surface area contributed by atoms with E-state index in [1.165, 1.54) is 6.07 Å². The number of carbonyl (C=O) groups is 1. The Kier molecular flexibility index (Phi) is 7.87. The van der Waals surface area contributed by atoms with Crippen LogP contribution in [-0.4, -0.2) is 23.7 Å². The molecule has 2 aromatic rings. The first-order valence-electron chi connectivity index (χ1n) is 10.2. The fraction of sp³-hybridized carbons (Fsp3) is 0.478. The van der Waals surface area contributed by atoms with Gasteiger partial charge in [0.25, 0.3) is 0 Å². The second-order valence-electron chi connectivity index (χ2n) is 7.47. The van der Waals surface area contributed by atoms with Crippen LogP contribution in [0.1, 0.15) is 63.3 Å². The molecule has 0 bridgehead atoms. The van der Waals surface area contributed by atoms with Crippen LogP contribution in [0.3, 0.4) is 0 Å². The van der Waals surface area contributed by atoms with Gasteiger partial charge in [0.05, 0.1) is 5.41 Å². The van der Waals surface area contributed by atoms with Gasteiger partial charge in [0.1, 0.15) is 11.9 Å². The van der Waals surface area contributed by atoms with Crippen LogP contribution in [0.5, 0.6) is 5.88 Å². The van der Waals surface area contributed by atoms with Crippen molar-refractivity contribution >= 4 is 11.6 Å². The lowest BCUT2D eigenvalue weighted by Crippen LogP contribution is -2.52. The predicted molar refractivity (Wildman–Crippen MR) is 112 cm³/mol. The van der Waals surface area contributed by atoms with Gasteiger partial charge in [0, 0.05) is 5.69 Å². The topological polar surface area (TPSA) is 51.2 Å². The molecule has 0 unspecified atom stereocenters. The number of nitrogens with zero attached hydrogens (tertiary/aromatic N) is 1. The smallest absolute Gasteiger partial charge is 0.388 e. The lowest BCUT2D eigenvalue weighted by molar-refractivity contribution is -0.127. The van der Waals surface area contributed by atoms with E-state index in [-0.39, 0.29) is 30.3 Å². The number of nitrogens with one attached hydrogen (secondary N) is 1. The van der Waals surface area contributed by atoms with Gasteiger partial charge in [-0.3, -0.25) is 4.79 Å². The molecule has 1 fully saturated rings. The standard InChI is InChI=1S/C21H23F3N2O2.C2H6/c1-12(2)15-6-4-5-7-16(15)21(10-14(22)11-21)19(27)26-17-9-8-13(3)25-18(17)28-20(23)24;1-2/h4-9,12,14,20H,10-11H2,1-3H3,(H,26,27);1-2H3. The number of benzene rings is 1. The summed E-state index contributed by atoms with van der Waals surface area (Å²) in [6, 6.07) is 10.5. The monoisotopic (exact) mass is 422 g/mol. The van der Waals surface area contributed by atoms with E-state index < -0.39 is 24.1 Å². The van der Waals surface area contributed by atoms with Crippen molar-refractivity contribution < 1.29 is 22.7 Å². The van der Waals surface area contributed by atoms with E-state index in [4.69, 9.17) is 0 Å². The number of halogens is 3. The van der Waals surface area contributed by atoms with Gasteiger partial charge in [0.2, 0.25) is 11.8 Å². The number of alkyl halides is 3. The van der Waals surface area contributed by atoms with E-state index >= 15 is 0 Å². The quantitative estimate of drug-likeness (QED) is 0.607. The Hall–Kier alpha value is -2.57. The molecule has 0 atom stereocenters. The Morgan fingerprint density at radius 1 is 1.17 bits per heavy atom. The summed E-state index contributed by atoms with van der Waals surface area (Å²) in [6.45, 7) is 6.58. The molecule has 1 saturated carbocycles. The van der Waals surface area contributed by atoms with Gasteiger partial charge in [0.15, 0.2) is 0 Å². The van der Waals surface area contributed by atoms with Crippen LogP contribution in [0.4, 0.5) is 18.9 Å². The fourth-order valence-corrected chi connectivity index (χ4v) is 3.70. The molecule has 1 aromatic heterocycles. The summed E-state index contributed by atoms with van der Waals surface area (Å²) in [7, 11) is 0. The van der Waals surface area contributed by atoms with Crippen LogP contribution in [0.15, 0.2) is 36.4 Å². The summed E-state index contributed by atoms with van der Waals surface area (Å²) in [4.78, 5) is 17.1. The highest BCUT2D eigenvalue weighted by Crippen LogP contribution is 2.48. The summed E-state index contributed by atoms with van der Waals surface area (Å²) in [5, 5.41) is 2.64. The minimum Gasteiger partial charge on any atom is -0.415 e. The van der Waals surface area contributed by atoms with Crippen molar-refractivity contribution in [2.75, 3.05) is 5.32 Å².